The lowest BCUT2D eigenvalue weighted by molar-refractivity contribution is -0.134. The van der Waals surface area contributed by atoms with Gasteiger partial charge in [0, 0.05) is 20.2 Å². The van der Waals surface area contributed by atoms with Crippen LogP contribution in [0.5, 0.6) is 11.5 Å². The van der Waals surface area contributed by atoms with Gasteiger partial charge in [-0.25, -0.2) is 0 Å². The Labute approximate surface area is 119 Å². The highest BCUT2D eigenvalue weighted by Crippen LogP contribution is 2.24. The van der Waals surface area contributed by atoms with Gasteiger partial charge in [0.1, 0.15) is 0 Å². The Morgan fingerprint density at radius 3 is 2.95 bits per heavy atom. The Kier molecular flexibility index (Phi) is 5.24. The summed E-state index contributed by atoms with van der Waals surface area (Å²) in [6.45, 7) is 1.28. The van der Waals surface area contributed by atoms with E-state index in [0.717, 1.165) is 25.9 Å². The number of phenols is 1. The summed E-state index contributed by atoms with van der Waals surface area (Å²) in [6.07, 6.45) is 3.38. The van der Waals surface area contributed by atoms with Gasteiger partial charge in [0.15, 0.2) is 18.1 Å². The number of hydrogen-bond donors (Lipinski definition) is 1. The summed E-state index contributed by atoms with van der Waals surface area (Å²) in [5.41, 5.74) is 0. The standard InChI is InChI=1S/C15H21NO4/c1-16(10-12-6-4-5-9-19-12)15(18)11-20-14-8-3-2-7-13(14)17/h2-3,7-8,12,17H,4-6,9-11H2,1H3/t12-/m0/s1. The molecule has 1 amide bonds. The second-order valence-corrected chi connectivity index (χ2v) is 5.02. The van der Waals surface area contributed by atoms with Crippen molar-refractivity contribution in [2.75, 3.05) is 26.8 Å². The summed E-state index contributed by atoms with van der Waals surface area (Å²) in [7, 11) is 1.74. The van der Waals surface area contributed by atoms with Crippen LogP contribution in [0, 0.1) is 0 Å². The molecule has 1 N–H and O–H groups in total. The van der Waals surface area contributed by atoms with Gasteiger partial charge in [-0.3, -0.25) is 4.79 Å². The second kappa shape index (κ2) is 7.14. The van der Waals surface area contributed by atoms with Crippen molar-refractivity contribution < 1.29 is 19.4 Å². The third-order valence-corrected chi connectivity index (χ3v) is 3.39. The van der Waals surface area contributed by atoms with E-state index in [-0.39, 0.29) is 24.4 Å². The molecule has 1 saturated heterocycles. The van der Waals surface area contributed by atoms with Crippen LogP contribution >= 0.6 is 0 Å². The van der Waals surface area contributed by atoms with Crippen molar-refractivity contribution >= 4 is 5.91 Å². The van der Waals surface area contributed by atoms with E-state index in [4.69, 9.17) is 9.47 Å². The van der Waals surface area contributed by atoms with Crippen molar-refractivity contribution in [3.63, 3.8) is 0 Å². The number of amides is 1. The minimum Gasteiger partial charge on any atom is -0.504 e. The number of rotatable bonds is 5. The van der Waals surface area contributed by atoms with Gasteiger partial charge in [-0.15, -0.1) is 0 Å². The average Bonchev–Trinajstić information content (AvgIpc) is 2.47. The van der Waals surface area contributed by atoms with Crippen LogP contribution in [0.2, 0.25) is 0 Å². The van der Waals surface area contributed by atoms with E-state index in [0.29, 0.717) is 12.3 Å². The molecule has 0 saturated carbocycles. The lowest BCUT2D eigenvalue weighted by atomic mass is 10.1. The molecule has 1 heterocycles. The minimum atomic E-state index is -0.123. The fourth-order valence-corrected chi connectivity index (χ4v) is 2.19. The van der Waals surface area contributed by atoms with E-state index < -0.39 is 0 Å². The molecule has 0 aromatic heterocycles. The predicted octanol–water partition coefficient (Wildman–Crippen LogP) is 1.80. The molecule has 20 heavy (non-hydrogen) atoms. The van der Waals surface area contributed by atoms with Crippen molar-refractivity contribution in [2.45, 2.75) is 25.4 Å². The van der Waals surface area contributed by atoms with Gasteiger partial charge in [0.25, 0.3) is 5.91 Å². The first kappa shape index (κ1) is 14.7. The summed E-state index contributed by atoms with van der Waals surface area (Å²) < 4.78 is 10.9. The van der Waals surface area contributed by atoms with Gasteiger partial charge in [-0.1, -0.05) is 12.1 Å². The monoisotopic (exact) mass is 279 g/mol. The number of carbonyl (C=O) groups excluding carboxylic acids is 1. The summed E-state index contributed by atoms with van der Waals surface area (Å²) in [5.74, 6) is 0.240. The van der Waals surface area contributed by atoms with Crippen LogP contribution in [-0.2, 0) is 9.53 Å². The minimum absolute atomic E-state index is 0.0403. The van der Waals surface area contributed by atoms with Gasteiger partial charge in [0.05, 0.1) is 6.10 Å². The Hall–Kier alpha value is -1.75. The van der Waals surface area contributed by atoms with E-state index in [1.807, 2.05) is 0 Å². The summed E-state index contributed by atoms with van der Waals surface area (Å²) in [5, 5.41) is 9.55. The number of benzene rings is 1. The van der Waals surface area contributed by atoms with Crippen molar-refractivity contribution in [1.82, 2.24) is 4.90 Å². The molecule has 110 valence electrons. The van der Waals surface area contributed by atoms with Gasteiger partial charge in [0.2, 0.25) is 0 Å². The lowest BCUT2D eigenvalue weighted by Gasteiger charge is -2.27. The van der Waals surface area contributed by atoms with Gasteiger partial charge in [-0.2, -0.15) is 0 Å². The Balaban J connectivity index is 1.77. The fourth-order valence-electron chi connectivity index (χ4n) is 2.19. The van der Waals surface area contributed by atoms with Crippen LogP contribution in [0.15, 0.2) is 24.3 Å². The fraction of sp³-hybridized carbons (Fsp3) is 0.533. The second-order valence-electron chi connectivity index (χ2n) is 5.02. The molecule has 2 rings (SSSR count). The molecule has 0 radical (unpaired) electrons. The van der Waals surface area contributed by atoms with E-state index in [1.165, 1.54) is 6.07 Å². The smallest absolute Gasteiger partial charge is 0.260 e. The molecule has 1 aliphatic heterocycles. The van der Waals surface area contributed by atoms with Crippen molar-refractivity contribution in [3.05, 3.63) is 24.3 Å². The zero-order chi connectivity index (χ0) is 14.4. The number of likely N-dealkylation sites (N-methyl/N-ethyl adjacent to an activating group) is 1. The first-order valence-corrected chi connectivity index (χ1v) is 6.93. The van der Waals surface area contributed by atoms with Crippen molar-refractivity contribution in [1.29, 1.82) is 0 Å². The first-order chi connectivity index (χ1) is 9.66. The molecule has 1 atom stereocenters. The topological polar surface area (TPSA) is 59.0 Å². The number of aromatic hydroxyl groups is 1. The van der Waals surface area contributed by atoms with Crippen LogP contribution in [0.1, 0.15) is 19.3 Å². The maximum atomic E-state index is 12.0. The third kappa shape index (κ3) is 4.13. The van der Waals surface area contributed by atoms with Gasteiger partial charge >= 0.3 is 0 Å². The Morgan fingerprint density at radius 2 is 2.25 bits per heavy atom. The number of carbonyl (C=O) groups is 1. The number of nitrogens with zero attached hydrogens (tertiary/aromatic N) is 1. The first-order valence-electron chi connectivity index (χ1n) is 6.93. The zero-order valence-corrected chi connectivity index (χ0v) is 11.7. The van der Waals surface area contributed by atoms with Crippen LogP contribution in [0.25, 0.3) is 0 Å². The molecule has 5 heteroatoms. The summed E-state index contributed by atoms with van der Waals surface area (Å²) in [6, 6.07) is 6.61. The summed E-state index contributed by atoms with van der Waals surface area (Å²) >= 11 is 0. The van der Waals surface area contributed by atoms with Crippen LogP contribution in [0.4, 0.5) is 0 Å². The highest BCUT2D eigenvalue weighted by molar-refractivity contribution is 5.77. The lowest BCUT2D eigenvalue weighted by Crippen LogP contribution is -2.39. The molecule has 1 aliphatic rings. The van der Waals surface area contributed by atoms with Crippen LogP contribution in [0.3, 0.4) is 0 Å². The van der Waals surface area contributed by atoms with Crippen molar-refractivity contribution in [3.8, 4) is 11.5 Å². The maximum absolute atomic E-state index is 12.0. The molecular weight excluding hydrogens is 258 g/mol. The molecule has 1 fully saturated rings. The van der Waals surface area contributed by atoms with E-state index in [2.05, 4.69) is 0 Å². The Morgan fingerprint density at radius 1 is 1.45 bits per heavy atom. The van der Waals surface area contributed by atoms with Gasteiger partial charge < -0.3 is 19.5 Å². The van der Waals surface area contributed by atoms with Crippen LogP contribution in [-0.4, -0.2) is 48.8 Å². The van der Waals surface area contributed by atoms with E-state index in [1.54, 1.807) is 30.1 Å². The Bertz CT molecular complexity index is 443. The third-order valence-electron chi connectivity index (χ3n) is 3.39. The molecule has 0 unspecified atom stereocenters. The highest BCUT2D eigenvalue weighted by atomic mass is 16.5. The predicted molar refractivity (Wildman–Crippen MR) is 74.8 cm³/mol. The number of para-hydroxylation sites is 2. The molecule has 1 aromatic carbocycles. The van der Waals surface area contributed by atoms with Crippen molar-refractivity contribution in [2.24, 2.45) is 0 Å². The van der Waals surface area contributed by atoms with Crippen LogP contribution < -0.4 is 4.74 Å². The maximum Gasteiger partial charge on any atom is 0.260 e. The SMILES string of the molecule is CN(C[C@@H]1CCCCO1)C(=O)COc1ccccc1O. The molecule has 5 nitrogen and oxygen atoms in total. The largest absolute Gasteiger partial charge is 0.504 e. The molecule has 0 aliphatic carbocycles. The number of hydrogen-bond acceptors (Lipinski definition) is 4. The van der Waals surface area contributed by atoms with E-state index >= 15 is 0 Å². The normalized spacial score (nSPS) is 18.6. The summed E-state index contributed by atoms with van der Waals surface area (Å²) in [4.78, 5) is 13.6. The molecule has 0 bridgehead atoms. The molecular formula is C15H21NO4. The highest BCUT2D eigenvalue weighted by Gasteiger charge is 2.19. The quantitative estimate of drug-likeness (QED) is 0.893. The zero-order valence-electron chi connectivity index (χ0n) is 11.7. The number of phenolic OH excluding ortho intramolecular Hbond substituents is 1. The van der Waals surface area contributed by atoms with Gasteiger partial charge in [-0.05, 0) is 31.4 Å². The molecule has 1 aromatic rings. The average molecular weight is 279 g/mol. The number of ether oxygens (including phenoxy) is 2. The molecule has 0 spiro atoms. The van der Waals surface area contributed by atoms with E-state index in [9.17, 15) is 9.90 Å².